The second-order valence-corrected chi connectivity index (χ2v) is 12.1. The normalized spacial score (nSPS) is 13.8. The highest BCUT2D eigenvalue weighted by Crippen LogP contribution is 2.33. The molecule has 1 aliphatic carbocycles. The minimum Gasteiger partial charge on any atom is -0.389 e. The van der Waals surface area contributed by atoms with Gasteiger partial charge in [-0.1, -0.05) is 43.8 Å². The molecule has 7 nitrogen and oxygen atoms in total. The fraction of sp³-hybridized carbons (Fsp3) is 0.367. The molecule has 0 aliphatic heterocycles. The van der Waals surface area contributed by atoms with Crippen LogP contribution in [0.25, 0.3) is 16.9 Å². The highest BCUT2D eigenvalue weighted by Gasteiger charge is 2.25. The first-order chi connectivity index (χ1) is 18.1. The van der Waals surface area contributed by atoms with Gasteiger partial charge in [0, 0.05) is 28.6 Å². The summed E-state index contributed by atoms with van der Waals surface area (Å²) >= 11 is 1.59. The molecule has 0 saturated heterocycles. The Kier molecular flexibility index (Phi) is 7.20. The Morgan fingerprint density at radius 1 is 1.18 bits per heavy atom. The number of nitrogens with zero attached hydrogens (tertiary/aromatic N) is 3. The summed E-state index contributed by atoms with van der Waals surface area (Å²) in [5.41, 5.74) is 5.24. The number of amides is 1. The summed E-state index contributed by atoms with van der Waals surface area (Å²) in [6, 6.07) is 16.7. The Morgan fingerprint density at radius 3 is 2.66 bits per heavy atom. The zero-order chi connectivity index (χ0) is 27.0. The Morgan fingerprint density at radius 2 is 1.97 bits per heavy atom. The van der Waals surface area contributed by atoms with Gasteiger partial charge in [-0.15, -0.1) is 0 Å². The van der Waals surface area contributed by atoms with Crippen molar-refractivity contribution >= 4 is 29.0 Å². The van der Waals surface area contributed by atoms with Gasteiger partial charge in [0.1, 0.15) is 5.03 Å². The average Bonchev–Trinajstić information content (AvgIpc) is 3.57. The van der Waals surface area contributed by atoms with Crippen LogP contribution in [0.3, 0.4) is 0 Å². The van der Waals surface area contributed by atoms with Crippen LogP contribution in [0.2, 0.25) is 0 Å². The molecule has 0 atom stereocenters. The van der Waals surface area contributed by atoms with Crippen LogP contribution in [0.15, 0.2) is 64.6 Å². The molecule has 1 aliphatic rings. The van der Waals surface area contributed by atoms with Crippen molar-refractivity contribution in [2.75, 3.05) is 11.9 Å². The van der Waals surface area contributed by atoms with Crippen LogP contribution in [-0.2, 0) is 0 Å². The lowest BCUT2D eigenvalue weighted by Gasteiger charge is -2.19. The fourth-order valence-corrected chi connectivity index (χ4v) is 5.14. The number of hydrogen-bond acceptors (Lipinski definition) is 6. The number of benzene rings is 2. The summed E-state index contributed by atoms with van der Waals surface area (Å²) in [7, 11) is 0. The Balaban J connectivity index is 1.53. The summed E-state index contributed by atoms with van der Waals surface area (Å²) in [5, 5.41) is 22.5. The number of aryl methyl sites for hydroxylation is 1. The monoisotopic (exact) mass is 529 g/mol. The fourth-order valence-electron chi connectivity index (χ4n) is 4.26. The molecule has 1 fully saturated rings. The van der Waals surface area contributed by atoms with Crippen LogP contribution in [0.5, 0.6) is 0 Å². The molecule has 198 valence electrons. The second kappa shape index (κ2) is 10.4. The molecule has 1 amide bonds. The molecule has 0 unspecified atom stereocenters. The van der Waals surface area contributed by atoms with Gasteiger partial charge in [0.25, 0.3) is 5.91 Å². The van der Waals surface area contributed by atoms with Crippen molar-refractivity contribution in [3.63, 3.8) is 0 Å². The Labute approximate surface area is 228 Å². The highest BCUT2D eigenvalue weighted by molar-refractivity contribution is 7.99. The van der Waals surface area contributed by atoms with Crippen molar-refractivity contribution < 1.29 is 9.90 Å². The summed E-state index contributed by atoms with van der Waals surface area (Å²) < 4.78 is 1.85. The van der Waals surface area contributed by atoms with E-state index in [1.807, 2.05) is 41.9 Å². The van der Waals surface area contributed by atoms with Gasteiger partial charge in [-0.2, -0.15) is 5.10 Å². The maximum atomic E-state index is 12.6. The van der Waals surface area contributed by atoms with E-state index in [9.17, 15) is 9.90 Å². The smallest absolute Gasteiger partial charge is 0.251 e. The molecule has 2 heterocycles. The van der Waals surface area contributed by atoms with E-state index in [1.54, 1.807) is 25.6 Å². The molecular weight excluding hydrogens is 494 g/mol. The van der Waals surface area contributed by atoms with Crippen molar-refractivity contribution in [1.29, 1.82) is 0 Å². The maximum Gasteiger partial charge on any atom is 0.251 e. The number of aliphatic hydroxyl groups is 1. The number of imidazole rings is 1. The Bertz CT molecular complexity index is 1480. The first-order valence-corrected chi connectivity index (χ1v) is 13.9. The predicted octanol–water partition coefficient (Wildman–Crippen LogP) is 6.05. The van der Waals surface area contributed by atoms with Gasteiger partial charge in [-0.3, -0.25) is 4.79 Å². The van der Waals surface area contributed by atoms with Crippen molar-refractivity contribution in [2.45, 2.75) is 74.9 Å². The van der Waals surface area contributed by atoms with E-state index >= 15 is 0 Å². The van der Waals surface area contributed by atoms with E-state index in [0.29, 0.717) is 29.7 Å². The molecule has 8 heteroatoms. The first-order valence-electron chi connectivity index (χ1n) is 13.1. The van der Waals surface area contributed by atoms with Crippen molar-refractivity contribution in [3.05, 3.63) is 71.4 Å². The van der Waals surface area contributed by atoms with Gasteiger partial charge in [-0.05, 0) is 81.0 Å². The molecule has 0 bridgehead atoms. The number of anilines is 1. The average molecular weight is 530 g/mol. The highest BCUT2D eigenvalue weighted by atomic mass is 32.2. The quantitative estimate of drug-likeness (QED) is 0.244. The molecule has 38 heavy (non-hydrogen) atoms. The number of fused-ring (bicyclic) bond motifs is 1. The molecule has 4 aromatic rings. The van der Waals surface area contributed by atoms with Crippen LogP contribution in [0.1, 0.15) is 67.9 Å². The third kappa shape index (κ3) is 6.03. The van der Waals surface area contributed by atoms with E-state index in [-0.39, 0.29) is 5.91 Å². The van der Waals surface area contributed by atoms with E-state index < -0.39 is 5.60 Å². The minimum atomic E-state index is -0.886. The zero-order valence-electron chi connectivity index (χ0n) is 22.6. The van der Waals surface area contributed by atoms with Crippen LogP contribution in [-0.4, -0.2) is 43.8 Å². The van der Waals surface area contributed by atoms with Gasteiger partial charge < -0.3 is 15.7 Å². The molecule has 2 aromatic heterocycles. The topological polar surface area (TPSA) is 91.6 Å². The summed E-state index contributed by atoms with van der Waals surface area (Å²) in [4.78, 5) is 18.4. The molecule has 0 spiro atoms. The summed E-state index contributed by atoms with van der Waals surface area (Å²) in [5.74, 6) is 0.418. The first kappa shape index (κ1) is 26.3. The molecule has 0 radical (unpaired) electrons. The SMILES string of the molecule is Cc1cc(-c2cnc3c(NCC(C)(C)O)cc(Sc4cccc(C(C)C)c4)nn23)ccc1C(=O)NC1CC1. The van der Waals surface area contributed by atoms with Crippen LogP contribution in [0, 0.1) is 6.92 Å². The van der Waals surface area contributed by atoms with E-state index in [2.05, 4.69) is 53.7 Å². The number of hydrogen-bond donors (Lipinski definition) is 3. The number of rotatable bonds is 9. The zero-order valence-corrected chi connectivity index (χ0v) is 23.4. The minimum absolute atomic E-state index is 0.0202. The van der Waals surface area contributed by atoms with Gasteiger partial charge >= 0.3 is 0 Å². The second-order valence-electron chi connectivity index (χ2n) is 11.0. The third-order valence-corrected chi connectivity index (χ3v) is 7.48. The lowest BCUT2D eigenvalue weighted by molar-refractivity contribution is 0.0940. The predicted molar refractivity (Wildman–Crippen MR) is 153 cm³/mol. The number of carbonyl (C=O) groups is 1. The molecule has 5 rings (SSSR count). The summed E-state index contributed by atoms with van der Waals surface area (Å²) in [6.45, 7) is 10.2. The van der Waals surface area contributed by atoms with E-state index in [4.69, 9.17) is 5.10 Å². The third-order valence-electron chi connectivity index (χ3n) is 6.58. The summed E-state index contributed by atoms with van der Waals surface area (Å²) in [6.07, 6.45) is 3.93. The van der Waals surface area contributed by atoms with Crippen molar-refractivity contribution in [2.24, 2.45) is 0 Å². The van der Waals surface area contributed by atoms with Crippen LogP contribution >= 0.6 is 11.8 Å². The van der Waals surface area contributed by atoms with Gasteiger partial charge in [-0.25, -0.2) is 9.50 Å². The molecule has 2 aromatic carbocycles. The number of carbonyl (C=O) groups excluding carboxylic acids is 1. The largest absolute Gasteiger partial charge is 0.389 e. The number of aromatic nitrogens is 3. The van der Waals surface area contributed by atoms with Crippen molar-refractivity contribution in [3.8, 4) is 11.3 Å². The van der Waals surface area contributed by atoms with Gasteiger partial charge in [0.2, 0.25) is 0 Å². The van der Waals surface area contributed by atoms with E-state index in [1.165, 1.54) is 5.56 Å². The number of nitrogens with one attached hydrogen (secondary N) is 2. The lowest BCUT2D eigenvalue weighted by atomic mass is 10.0. The van der Waals surface area contributed by atoms with Crippen LogP contribution < -0.4 is 10.6 Å². The van der Waals surface area contributed by atoms with Crippen LogP contribution in [0.4, 0.5) is 5.69 Å². The lowest BCUT2D eigenvalue weighted by Crippen LogP contribution is -2.29. The van der Waals surface area contributed by atoms with Gasteiger partial charge in [0.15, 0.2) is 5.65 Å². The molecular formula is C30H35N5O2S. The molecule has 3 N–H and O–H groups in total. The van der Waals surface area contributed by atoms with Gasteiger partial charge in [0.05, 0.1) is 23.2 Å². The van der Waals surface area contributed by atoms with E-state index in [0.717, 1.165) is 45.3 Å². The Hall–Kier alpha value is -3.36. The van der Waals surface area contributed by atoms with Crippen molar-refractivity contribution in [1.82, 2.24) is 19.9 Å². The molecule has 1 saturated carbocycles. The standard InChI is InChI=1S/C30H35N5O2S/c1-18(2)20-7-6-8-23(14-20)38-27-15-25(32-17-30(4,5)37)28-31-16-26(35(28)34-27)21-9-12-24(19(3)13-21)29(36)33-22-10-11-22/h6-9,12-16,18,22,32,37H,10-11,17H2,1-5H3,(H,33,36). The maximum absolute atomic E-state index is 12.6.